The first-order valence-corrected chi connectivity index (χ1v) is 7.72. The van der Waals surface area contributed by atoms with E-state index in [2.05, 4.69) is 15.3 Å². The van der Waals surface area contributed by atoms with Crippen LogP contribution in [0.3, 0.4) is 0 Å². The Labute approximate surface area is 145 Å². The molecule has 0 saturated heterocycles. The molecule has 126 valence electrons. The van der Waals surface area contributed by atoms with E-state index >= 15 is 0 Å². The lowest BCUT2D eigenvalue weighted by Gasteiger charge is -2.17. The largest absolute Gasteiger partial charge is 0.508 e. The molecule has 3 rings (SSSR count). The number of nitrogens with two attached hydrogens (primary N) is 2. The topological polar surface area (TPSA) is 109 Å². The molecule has 0 unspecified atom stereocenters. The van der Waals surface area contributed by atoms with Crippen molar-refractivity contribution in [1.29, 1.82) is 0 Å². The van der Waals surface area contributed by atoms with Gasteiger partial charge in [-0.3, -0.25) is 4.99 Å². The van der Waals surface area contributed by atoms with Crippen molar-refractivity contribution in [3.05, 3.63) is 72.1 Å². The summed E-state index contributed by atoms with van der Waals surface area (Å²) in [6.07, 6.45) is 3.60. The lowest BCUT2D eigenvalue weighted by molar-refractivity contribution is 0.475. The van der Waals surface area contributed by atoms with Crippen LogP contribution in [-0.2, 0) is 0 Å². The standard InChI is InChI=1S/C19H19N5O/c1-22-18-10-16(21)17(23-13-7-5-12(20)6-8-13)11-19(18)24-14-3-2-4-15(25)9-14/h2-11,24-25H,20-21H2,1H3/b22-18+,23-17-. The zero-order valence-electron chi connectivity index (χ0n) is 13.8. The average Bonchev–Trinajstić information content (AvgIpc) is 2.59. The first-order valence-electron chi connectivity index (χ1n) is 7.72. The molecule has 6 nitrogen and oxygen atoms in total. The summed E-state index contributed by atoms with van der Waals surface area (Å²) in [5, 5.41) is 12.9. The summed E-state index contributed by atoms with van der Waals surface area (Å²) in [6.45, 7) is 0. The lowest BCUT2D eigenvalue weighted by Crippen LogP contribution is -2.22. The number of allylic oxidation sites excluding steroid dienone is 2. The van der Waals surface area contributed by atoms with Crippen molar-refractivity contribution in [2.75, 3.05) is 18.1 Å². The normalized spacial score (nSPS) is 17.3. The fourth-order valence-corrected chi connectivity index (χ4v) is 2.40. The molecule has 25 heavy (non-hydrogen) atoms. The Morgan fingerprint density at radius 1 is 0.960 bits per heavy atom. The molecule has 0 aliphatic heterocycles. The number of phenols is 1. The second-order valence-corrected chi connectivity index (χ2v) is 5.53. The molecule has 6 heteroatoms. The highest BCUT2D eigenvalue weighted by molar-refractivity contribution is 6.24. The van der Waals surface area contributed by atoms with Gasteiger partial charge in [0.2, 0.25) is 0 Å². The zero-order chi connectivity index (χ0) is 17.8. The molecule has 2 aromatic rings. The number of rotatable bonds is 3. The third-order valence-electron chi connectivity index (χ3n) is 3.65. The van der Waals surface area contributed by atoms with Gasteiger partial charge in [0.15, 0.2) is 0 Å². The Kier molecular flexibility index (Phi) is 4.52. The molecule has 0 spiro atoms. The molecule has 0 heterocycles. The van der Waals surface area contributed by atoms with Crippen molar-refractivity contribution in [3.8, 4) is 5.75 Å². The molecule has 0 bridgehead atoms. The van der Waals surface area contributed by atoms with Crippen LogP contribution in [0, 0.1) is 0 Å². The minimum atomic E-state index is 0.183. The number of phenolic OH excluding ortho intramolecular Hbond substituents is 1. The van der Waals surface area contributed by atoms with E-state index in [1.165, 1.54) is 0 Å². The summed E-state index contributed by atoms with van der Waals surface area (Å²) < 4.78 is 0. The van der Waals surface area contributed by atoms with Crippen molar-refractivity contribution in [2.24, 2.45) is 15.7 Å². The molecule has 1 aliphatic carbocycles. The summed E-state index contributed by atoms with van der Waals surface area (Å²) in [7, 11) is 1.69. The van der Waals surface area contributed by atoms with Crippen LogP contribution in [0.2, 0.25) is 0 Å². The van der Waals surface area contributed by atoms with E-state index in [1.807, 2.05) is 24.3 Å². The molecule has 0 saturated carbocycles. The number of nitrogens with zero attached hydrogens (tertiary/aromatic N) is 2. The third-order valence-corrected chi connectivity index (χ3v) is 3.65. The minimum Gasteiger partial charge on any atom is -0.508 e. The van der Waals surface area contributed by atoms with Gasteiger partial charge in [0.05, 0.1) is 28.5 Å². The highest BCUT2D eigenvalue weighted by Crippen LogP contribution is 2.22. The van der Waals surface area contributed by atoms with Gasteiger partial charge in [0.1, 0.15) is 5.75 Å². The summed E-state index contributed by atoms with van der Waals surface area (Å²) in [5.74, 6) is 0.183. The Bertz CT molecular complexity index is 908. The number of hydrogen-bond acceptors (Lipinski definition) is 6. The molecule has 6 N–H and O–H groups in total. The molecule has 0 fully saturated rings. The number of nitrogen functional groups attached to an aromatic ring is 1. The number of hydrogen-bond donors (Lipinski definition) is 4. The van der Waals surface area contributed by atoms with Crippen molar-refractivity contribution >= 4 is 28.5 Å². The van der Waals surface area contributed by atoms with Gasteiger partial charge in [-0.25, -0.2) is 4.99 Å². The van der Waals surface area contributed by atoms with E-state index in [4.69, 9.17) is 11.5 Å². The van der Waals surface area contributed by atoms with Crippen molar-refractivity contribution < 1.29 is 5.11 Å². The van der Waals surface area contributed by atoms with Crippen LogP contribution in [-0.4, -0.2) is 23.6 Å². The van der Waals surface area contributed by atoms with Gasteiger partial charge in [-0.1, -0.05) is 6.07 Å². The summed E-state index contributed by atoms with van der Waals surface area (Å²) >= 11 is 0. The van der Waals surface area contributed by atoms with E-state index in [0.29, 0.717) is 22.8 Å². The van der Waals surface area contributed by atoms with Crippen molar-refractivity contribution in [2.45, 2.75) is 0 Å². The Morgan fingerprint density at radius 2 is 1.72 bits per heavy atom. The first-order chi connectivity index (χ1) is 12.0. The maximum atomic E-state index is 9.62. The third kappa shape index (κ3) is 3.87. The zero-order valence-corrected chi connectivity index (χ0v) is 13.8. The second-order valence-electron chi connectivity index (χ2n) is 5.53. The van der Waals surface area contributed by atoms with E-state index in [9.17, 15) is 5.11 Å². The highest BCUT2D eigenvalue weighted by Gasteiger charge is 2.15. The summed E-state index contributed by atoms with van der Waals surface area (Å²) in [5.41, 5.74) is 16.6. The first kappa shape index (κ1) is 16.3. The quantitative estimate of drug-likeness (QED) is 0.511. The van der Waals surface area contributed by atoms with Crippen LogP contribution in [0.1, 0.15) is 0 Å². The molecule has 0 radical (unpaired) electrons. The summed E-state index contributed by atoms with van der Waals surface area (Å²) in [6, 6.07) is 14.1. The molecular weight excluding hydrogens is 314 g/mol. The van der Waals surface area contributed by atoms with Crippen LogP contribution in [0.15, 0.2) is 82.1 Å². The molecule has 2 aromatic carbocycles. The van der Waals surface area contributed by atoms with Gasteiger partial charge in [-0.05, 0) is 48.6 Å². The predicted molar refractivity (Wildman–Crippen MR) is 103 cm³/mol. The number of aliphatic imine (C=N–C) groups is 2. The van der Waals surface area contributed by atoms with Crippen molar-refractivity contribution in [3.63, 3.8) is 0 Å². The molecule has 0 aromatic heterocycles. The highest BCUT2D eigenvalue weighted by atomic mass is 16.3. The van der Waals surface area contributed by atoms with Gasteiger partial charge < -0.3 is 21.9 Å². The van der Waals surface area contributed by atoms with Gasteiger partial charge >= 0.3 is 0 Å². The van der Waals surface area contributed by atoms with Crippen LogP contribution in [0.5, 0.6) is 5.75 Å². The monoisotopic (exact) mass is 333 g/mol. The lowest BCUT2D eigenvalue weighted by atomic mass is 10.0. The van der Waals surface area contributed by atoms with Crippen LogP contribution >= 0.6 is 0 Å². The van der Waals surface area contributed by atoms with E-state index in [1.54, 1.807) is 43.5 Å². The van der Waals surface area contributed by atoms with Gasteiger partial charge in [-0.2, -0.15) is 0 Å². The maximum Gasteiger partial charge on any atom is 0.117 e. The van der Waals surface area contributed by atoms with Crippen LogP contribution in [0.25, 0.3) is 0 Å². The van der Waals surface area contributed by atoms with Gasteiger partial charge in [-0.15, -0.1) is 0 Å². The second kappa shape index (κ2) is 6.92. The summed E-state index contributed by atoms with van der Waals surface area (Å²) in [4.78, 5) is 8.81. The molecule has 0 atom stereocenters. The fraction of sp³-hybridized carbons (Fsp3) is 0.0526. The Hall–Kier alpha value is -3.54. The average molecular weight is 333 g/mol. The number of anilines is 2. The van der Waals surface area contributed by atoms with E-state index in [-0.39, 0.29) is 5.75 Å². The molecule has 1 aliphatic rings. The number of nitrogens with one attached hydrogen (secondary N) is 1. The predicted octanol–water partition coefficient (Wildman–Crippen LogP) is 2.97. The fourth-order valence-electron chi connectivity index (χ4n) is 2.40. The SMILES string of the molecule is C/N=C1C=C(N)/C(=N\c2ccc(N)cc2)C=C\1Nc1cccc(O)c1. The minimum absolute atomic E-state index is 0.183. The smallest absolute Gasteiger partial charge is 0.117 e. The van der Waals surface area contributed by atoms with Gasteiger partial charge in [0.25, 0.3) is 0 Å². The Morgan fingerprint density at radius 3 is 2.40 bits per heavy atom. The number of aromatic hydroxyl groups is 1. The molecular formula is C19H19N5O. The van der Waals surface area contributed by atoms with Gasteiger partial charge in [0, 0.05) is 24.5 Å². The Balaban J connectivity index is 1.96. The van der Waals surface area contributed by atoms with Crippen LogP contribution in [0.4, 0.5) is 17.1 Å². The number of benzene rings is 2. The van der Waals surface area contributed by atoms with Crippen molar-refractivity contribution in [1.82, 2.24) is 0 Å². The maximum absolute atomic E-state index is 9.62. The molecule has 0 amide bonds. The van der Waals surface area contributed by atoms with E-state index in [0.717, 1.165) is 17.1 Å². The van der Waals surface area contributed by atoms with E-state index < -0.39 is 0 Å². The van der Waals surface area contributed by atoms with Crippen LogP contribution < -0.4 is 16.8 Å².